The fraction of sp³-hybridized carbons (Fsp3) is 0.500. The van der Waals surface area contributed by atoms with Crippen molar-refractivity contribution in [3.63, 3.8) is 0 Å². The summed E-state index contributed by atoms with van der Waals surface area (Å²) in [6, 6.07) is 5.59. The van der Waals surface area contributed by atoms with Crippen LogP contribution in [0, 0.1) is 0 Å². The van der Waals surface area contributed by atoms with Crippen molar-refractivity contribution in [2.24, 2.45) is 0 Å². The first-order chi connectivity index (χ1) is 11.1. The van der Waals surface area contributed by atoms with Gasteiger partial charge in [-0.1, -0.05) is 6.07 Å². The molecule has 5 heteroatoms. The molecule has 2 rings (SSSR count). The summed E-state index contributed by atoms with van der Waals surface area (Å²) in [5.41, 5.74) is 0.880. The molecule has 126 valence electrons. The van der Waals surface area contributed by atoms with Crippen LogP contribution in [-0.2, 0) is 9.53 Å². The van der Waals surface area contributed by atoms with Crippen molar-refractivity contribution < 1.29 is 19.0 Å². The van der Waals surface area contributed by atoms with Crippen LogP contribution in [0.25, 0.3) is 6.08 Å². The fourth-order valence-electron chi connectivity index (χ4n) is 2.39. The summed E-state index contributed by atoms with van der Waals surface area (Å²) in [6.45, 7) is 5.28. The third-order valence-corrected chi connectivity index (χ3v) is 3.51. The van der Waals surface area contributed by atoms with Gasteiger partial charge in [-0.05, 0) is 50.5 Å². The summed E-state index contributed by atoms with van der Waals surface area (Å²) in [5, 5.41) is 2.85. The lowest BCUT2D eigenvalue weighted by atomic mass is 10.2. The molecule has 5 nitrogen and oxygen atoms in total. The van der Waals surface area contributed by atoms with Crippen molar-refractivity contribution in [1.29, 1.82) is 0 Å². The highest BCUT2D eigenvalue weighted by Gasteiger charge is 2.15. The number of amides is 1. The second kappa shape index (κ2) is 8.58. The molecular formula is C18H25NO4. The molecule has 1 amide bonds. The quantitative estimate of drug-likeness (QED) is 0.785. The first kappa shape index (κ1) is 17.3. The van der Waals surface area contributed by atoms with Gasteiger partial charge < -0.3 is 19.5 Å². The van der Waals surface area contributed by atoms with Crippen LogP contribution in [0.15, 0.2) is 24.3 Å². The average Bonchev–Trinajstić information content (AvgIpc) is 3.04. The molecule has 0 saturated carbocycles. The summed E-state index contributed by atoms with van der Waals surface area (Å²) < 4.78 is 16.5. The topological polar surface area (TPSA) is 56.8 Å². The maximum absolute atomic E-state index is 11.8. The molecule has 1 atom stereocenters. The molecule has 1 N–H and O–H groups in total. The minimum atomic E-state index is -0.123. The number of rotatable bonds is 7. The fourth-order valence-corrected chi connectivity index (χ4v) is 2.39. The Balaban J connectivity index is 1.91. The van der Waals surface area contributed by atoms with Crippen molar-refractivity contribution in [3.05, 3.63) is 29.8 Å². The maximum atomic E-state index is 11.8. The monoisotopic (exact) mass is 319 g/mol. The first-order valence-corrected chi connectivity index (χ1v) is 8.00. The van der Waals surface area contributed by atoms with Gasteiger partial charge >= 0.3 is 0 Å². The number of carbonyl (C=O) groups excluding carboxylic acids is 1. The zero-order chi connectivity index (χ0) is 16.7. The molecule has 1 saturated heterocycles. The van der Waals surface area contributed by atoms with Gasteiger partial charge in [0, 0.05) is 19.2 Å². The van der Waals surface area contributed by atoms with Crippen LogP contribution in [0.5, 0.6) is 11.5 Å². The molecule has 1 aromatic rings. The number of hydrogen-bond donors (Lipinski definition) is 1. The van der Waals surface area contributed by atoms with Crippen LogP contribution >= 0.6 is 0 Å². The van der Waals surface area contributed by atoms with Crippen LogP contribution in [0.4, 0.5) is 0 Å². The molecule has 1 aromatic carbocycles. The van der Waals surface area contributed by atoms with Gasteiger partial charge in [0.05, 0.1) is 19.3 Å². The lowest BCUT2D eigenvalue weighted by Gasteiger charge is -2.13. The van der Waals surface area contributed by atoms with Gasteiger partial charge in [-0.3, -0.25) is 4.79 Å². The number of ether oxygens (including phenoxy) is 3. The van der Waals surface area contributed by atoms with E-state index in [1.807, 2.05) is 32.0 Å². The molecule has 23 heavy (non-hydrogen) atoms. The molecule has 0 aromatic heterocycles. The molecule has 1 aliphatic rings. The van der Waals surface area contributed by atoms with Crippen LogP contribution in [0.2, 0.25) is 0 Å². The lowest BCUT2D eigenvalue weighted by molar-refractivity contribution is -0.116. The molecule has 0 radical (unpaired) electrons. The zero-order valence-corrected chi connectivity index (χ0v) is 14.0. The molecule has 0 spiro atoms. The zero-order valence-electron chi connectivity index (χ0n) is 14.0. The number of nitrogens with one attached hydrogen (secondary N) is 1. The normalized spacial score (nSPS) is 17.7. The van der Waals surface area contributed by atoms with Crippen molar-refractivity contribution in [2.75, 3.05) is 20.3 Å². The summed E-state index contributed by atoms with van der Waals surface area (Å²) in [4.78, 5) is 11.8. The Morgan fingerprint density at radius 2 is 2.26 bits per heavy atom. The minimum Gasteiger partial charge on any atom is -0.493 e. The molecule has 1 fully saturated rings. The number of hydrogen-bond acceptors (Lipinski definition) is 4. The number of benzene rings is 1. The number of carbonyl (C=O) groups is 1. The van der Waals surface area contributed by atoms with E-state index in [0.717, 1.165) is 25.0 Å². The van der Waals surface area contributed by atoms with Gasteiger partial charge in [-0.2, -0.15) is 0 Å². The molecular weight excluding hydrogens is 294 g/mol. The third-order valence-electron chi connectivity index (χ3n) is 3.51. The van der Waals surface area contributed by atoms with E-state index in [9.17, 15) is 4.79 Å². The van der Waals surface area contributed by atoms with Crippen molar-refractivity contribution in [3.8, 4) is 11.5 Å². The Bertz CT molecular complexity index is 548. The van der Waals surface area contributed by atoms with E-state index >= 15 is 0 Å². The van der Waals surface area contributed by atoms with Crippen LogP contribution < -0.4 is 14.8 Å². The van der Waals surface area contributed by atoms with Gasteiger partial charge in [-0.25, -0.2) is 0 Å². The SMILES string of the molecule is COc1cc(/C=C/C(=O)NC[C@H]2CCCO2)ccc1OC(C)C. The average molecular weight is 319 g/mol. The van der Waals surface area contributed by atoms with Crippen molar-refractivity contribution >= 4 is 12.0 Å². The van der Waals surface area contributed by atoms with Gasteiger partial charge in [0.15, 0.2) is 11.5 Å². The van der Waals surface area contributed by atoms with Gasteiger partial charge in [0.2, 0.25) is 5.91 Å². The Morgan fingerprint density at radius 1 is 1.43 bits per heavy atom. The summed E-state index contributed by atoms with van der Waals surface area (Å²) in [7, 11) is 1.60. The Hall–Kier alpha value is -2.01. The Kier molecular flexibility index (Phi) is 6.47. The highest BCUT2D eigenvalue weighted by atomic mass is 16.5. The lowest BCUT2D eigenvalue weighted by Crippen LogP contribution is -2.30. The summed E-state index contributed by atoms with van der Waals surface area (Å²) >= 11 is 0. The van der Waals surface area contributed by atoms with Crippen LogP contribution in [0.1, 0.15) is 32.3 Å². The Morgan fingerprint density at radius 3 is 2.91 bits per heavy atom. The Labute approximate surface area is 137 Å². The van der Waals surface area contributed by atoms with E-state index in [4.69, 9.17) is 14.2 Å². The molecule has 0 unspecified atom stereocenters. The highest BCUT2D eigenvalue weighted by Crippen LogP contribution is 2.29. The van der Waals surface area contributed by atoms with Gasteiger partial charge in [0.1, 0.15) is 0 Å². The maximum Gasteiger partial charge on any atom is 0.244 e. The molecule has 0 aliphatic carbocycles. The van der Waals surface area contributed by atoms with E-state index < -0.39 is 0 Å². The van der Waals surface area contributed by atoms with E-state index in [1.54, 1.807) is 13.2 Å². The molecule has 1 heterocycles. The predicted molar refractivity (Wildman–Crippen MR) is 89.8 cm³/mol. The van der Waals surface area contributed by atoms with Crippen LogP contribution in [0.3, 0.4) is 0 Å². The smallest absolute Gasteiger partial charge is 0.244 e. The third kappa shape index (κ3) is 5.60. The van der Waals surface area contributed by atoms with E-state index in [2.05, 4.69) is 5.32 Å². The summed E-state index contributed by atoms with van der Waals surface area (Å²) in [5.74, 6) is 1.23. The van der Waals surface area contributed by atoms with Gasteiger partial charge in [-0.15, -0.1) is 0 Å². The summed E-state index contributed by atoms with van der Waals surface area (Å²) in [6.07, 6.45) is 5.59. The largest absolute Gasteiger partial charge is 0.493 e. The second-order valence-corrected chi connectivity index (χ2v) is 5.79. The van der Waals surface area contributed by atoms with Gasteiger partial charge in [0.25, 0.3) is 0 Å². The standard InChI is InChI=1S/C18H25NO4/c1-13(2)23-16-8-6-14(11-17(16)21-3)7-9-18(20)19-12-15-5-4-10-22-15/h6-9,11,13,15H,4-5,10,12H2,1-3H3,(H,19,20)/b9-7+/t15-/m1/s1. The minimum absolute atomic E-state index is 0.0777. The number of methoxy groups -OCH3 is 1. The van der Waals surface area contributed by atoms with E-state index in [1.165, 1.54) is 6.08 Å². The van der Waals surface area contributed by atoms with Crippen LogP contribution in [-0.4, -0.2) is 38.4 Å². The van der Waals surface area contributed by atoms with Crippen molar-refractivity contribution in [2.45, 2.75) is 38.9 Å². The highest BCUT2D eigenvalue weighted by molar-refractivity contribution is 5.91. The first-order valence-electron chi connectivity index (χ1n) is 8.00. The van der Waals surface area contributed by atoms with E-state index in [-0.39, 0.29) is 18.1 Å². The van der Waals surface area contributed by atoms with Crippen molar-refractivity contribution in [1.82, 2.24) is 5.32 Å². The van der Waals surface area contributed by atoms with E-state index in [0.29, 0.717) is 18.0 Å². The second-order valence-electron chi connectivity index (χ2n) is 5.79. The molecule has 1 aliphatic heterocycles. The predicted octanol–water partition coefficient (Wildman–Crippen LogP) is 2.79. The molecule has 0 bridgehead atoms.